The van der Waals surface area contributed by atoms with E-state index in [1.807, 2.05) is 30.3 Å². The zero-order valence-electron chi connectivity index (χ0n) is 28.7. The Balaban J connectivity index is 0.000000264. The van der Waals surface area contributed by atoms with Crippen molar-refractivity contribution < 1.29 is 45.9 Å². The van der Waals surface area contributed by atoms with Gasteiger partial charge < -0.3 is 19.3 Å². The first-order valence-corrected chi connectivity index (χ1v) is 15.9. The molecule has 0 saturated heterocycles. The zero-order chi connectivity index (χ0) is 38.8. The Morgan fingerprint density at radius 1 is 0.768 bits per heavy atom. The van der Waals surface area contributed by atoms with Crippen LogP contribution >= 0.6 is 0 Å². The highest BCUT2D eigenvalue weighted by molar-refractivity contribution is 6.03. The molecule has 4 aromatic heterocycles. The van der Waals surface area contributed by atoms with Crippen LogP contribution in [-0.2, 0) is 6.42 Å². The number of benzene rings is 3. The number of carboxylic acid groups (broad SMARTS) is 1. The summed E-state index contributed by atoms with van der Waals surface area (Å²) in [7, 11) is 0. The third-order valence-corrected chi connectivity index (χ3v) is 7.87. The van der Waals surface area contributed by atoms with Crippen molar-refractivity contribution in [2.24, 2.45) is 0 Å². The summed E-state index contributed by atoms with van der Waals surface area (Å²) in [5.41, 5.74) is 0.362. The molecule has 0 radical (unpaired) electrons. The van der Waals surface area contributed by atoms with Gasteiger partial charge in [-0.05, 0) is 43.2 Å². The number of fused-ring (bicyclic) bond motifs is 1. The van der Waals surface area contributed by atoms with Crippen LogP contribution in [0.3, 0.4) is 0 Å². The monoisotopic (exact) mass is 773 g/mol. The third kappa shape index (κ3) is 8.51. The molecule has 0 aliphatic heterocycles. The van der Waals surface area contributed by atoms with Crippen molar-refractivity contribution in [3.63, 3.8) is 0 Å². The number of carbonyl (C=O) groups is 3. The van der Waals surface area contributed by atoms with Crippen molar-refractivity contribution in [3.05, 3.63) is 136 Å². The Bertz CT molecular complexity index is 2580. The molecule has 13 nitrogen and oxygen atoms in total. The number of rotatable bonds is 8. The van der Waals surface area contributed by atoms with Crippen LogP contribution in [0.5, 0.6) is 0 Å². The van der Waals surface area contributed by atoms with E-state index in [4.69, 9.17) is 13.9 Å². The number of aryl methyl sites for hydroxylation is 4. The number of carboxylic acids is 1. The van der Waals surface area contributed by atoms with Gasteiger partial charge in [0.05, 0.1) is 22.6 Å². The smallest absolute Gasteiger partial charge is 0.341 e. The van der Waals surface area contributed by atoms with Crippen molar-refractivity contribution in [2.75, 3.05) is 5.32 Å². The summed E-state index contributed by atoms with van der Waals surface area (Å²) in [6, 6.07) is 13.5. The molecule has 0 aliphatic carbocycles. The van der Waals surface area contributed by atoms with E-state index in [-0.39, 0.29) is 49.2 Å². The normalized spacial score (nSPS) is 10.6. The lowest BCUT2D eigenvalue weighted by molar-refractivity contribution is 0.0685. The molecule has 290 valence electrons. The van der Waals surface area contributed by atoms with Crippen molar-refractivity contribution in [2.45, 2.75) is 49.0 Å². The van der Waals surface area contributed by atoms with Gasteiger partial charge in [-0.2, -0.15) is 4.98 Å². The SMILES string of the molecule is C.C.Cc1nc(C)c(C(=O)Cc2ccc(F)c(C(=O)O)c2F)o1.Cc1nc(C)c(C(=O)Nc2ccc(F)c(-c3nc4ncc(-c5ccccc5)cn4n3)c2F)o1. The molecule has 56 heavy (non-hydrogen) atoms. The minimum absolute atomic E-state index is 0. The van der Waals surface area contributed by atoms with E-state index in [0.29, 0.717) is 23.2 Å². The predicted molar refractivity (Wildman–Crippen MR) is 196 cm³/mol. The van der Waals surface area contributed by atoms with Gasteiger partial charge in [-0.1, -0.05) is 51.3 Å². The van der Waals surface area contributed by atoms with Crippen LogP contribution < -0.4 is 5.32 Å². The molecule has 0 fully saturated rings. The molecule has 2 N–H and O–H groups in total. The maximum atomic E-state index is 15.3. The maximum Gasteiger partial charge on any atom is 0.341 e. The van der Waals surface area contributed by atoms with Crippen LogP contribution in [0.1, 0.15) is 75.1 Å². The lowest BCUT2D eigenvalue weighted by Crippen LogP contribution is -2.14. The van der Waals surface area contributed by atoms with Gasteiger partial charge >= 0.3 is 5.97 Å². The Morgan fingerprint density at radius 3 is 2.00 bits per heavy atom. The van der Waals surface area contributed by atoms with Gasteiger partial charge in [0.1, 0.15) is 23.0 Å². The van der Waals surface area contributed by atoms with Gasteiger partial charge in [0.25, 0.3) is 11.7 Å². The average Bonchev–Trinajstić information content (AvgIpc) is 3.82. The molecular weight excluding hydrogens is 738 g/mol. The average molecular weight is 774 g/mol. The Morgan fingerprint density at radius 2 is 1.39 bits per heavy atom. The first-order chi connectivity index (χ1) is 25.7. The fourth-order valence-electron chi connectivity index (χ4n) is 5.41. The number of ketones is 1. The number of nitrogens with zero attached hydrogens (tertiary/aromatic N) is 6. The second kappa shape index (κ2) is 17.0. The summed E-state index contributed by atoms with van der Waals surface area (Å²) in [6.45, 7) is 6.31. The van der Waals surface area contributed by atoms with Crippen LogP contribution in [0.15, 0.2) is 75.8 Å². The molecular formula is C39H35F4N7O6. The molecule has 0 spiro atoms. The molecule has 3 aromatic carbocycles. The van der Waals surface area contributed by atoms with Gasteiger partial charge in [-0.25, -0.2) is 41.8 Å². The number of aromatic nitrogens is 6. The number of hydrogen-bond acceptors (Lipinski definition) is 10. The van der Waals surface area contributed by atoms with Crippen molar-refractivity contribution >= 4 is 29.1 Å². The minimum atomic E-state index is -1.73. The number of oxazole rings is 2. The summed E-state index contributed by atoms with van der Waals surface area (Å²) in [5, 5.41) is 15.4. The van der Waals surface area contributed by atoms with Gasteiger partial charge in [-0.15, -0.1) is 5.10 Å². The van der Waals surface area contributed by atoms with Crippen LogP contribution in [0, 0.1) is 51.0 Å². The maximum absolute atomic E-state index is 15.3. The van der Waals surface area contributed by atoms with Crippen molar-refractivity contribution in [1.82, 2.24) is 29.5 Å². The highest BCUT2D eigenvalue weighted by atomic mass is 19.1. The lowest BCUT2D eigenvalue weighted by Gasteiger charge is -2.08. The Hall–Kier alpha value is -7.04. The topological polar surface area (TPSA) is 179 Å². The summed E-state index contributed by atoms with van der Waals surface area (Å²) >= 11 is 0. The van der Waals surface area contributed by atoms with Gasteiger partial charge in [0, 0.05) is 38.2 Å². The van der Waals surface area contributed by atoms with Crippen LogP contribution in [0.2, 0.25) is 0 Å². The number of Topliss-reactive ketones (excluding diaryl/α,β-unsaturated/α-hetero) is 1. The van der Waals surface area contributed by atoms with E-state index in [1.54, 1.807) is 40.1 Å². The molecule has 17 heteroatoms. The Kier molecular flexibility index (Phi) is 12.6. The molecule has 0 unspecified atom stereocenters. The van der Waals surface area contributed by atoms with Crippen LogP contribution in [0.25, 0.3) is 28.3 Å². The summed E-state index contributed by atoms with van der Waals surface area (Å²) in [6.07, 6.45) is 2.83. The first kappa shape index (κ1) is 41.7. The molecule has 4 heterocycles. The molecule has 0 atom stereocenters. The fraction of sp³-hybridized carbons (Fsp3) is 0.179. The van der Waals surface area contributed by atoms with Gasteiger partial charge in [-0.3, -0.25) is 9.59 Å². The molecule has 0 aliphatic rings. The lowest BCUT2D eigenvalue weighted by atomic mass is 10.0. The van der Waals surface area contributed by atoms with Gasteiger partial charge in [0.2, 0.25) is 11.5 Å². The van der Waals surface area contributed by atoms with E-state index in [0.717, 1.165) is 35.4 Å². The third-order valence-electron chi connectivity index (χ3n) is 7.87. The van der Waals surface area contributed by atoms with Crippen molar-refractivity contribution in [1.29, 1.82) is 0 Å². The second-order valence-electron chi connectivity index (χ2n) is 11.7. The fourth-order valence-corrected chi connectivity index (χ4v) is 5.41. The number of halogens is 4. The molecule has 0 bridgehead atoms. The quantitative estimate of drug-likeness (QED) is 0.112. The van der Waals surface area contributed by atoms with E-state index in [1.165, 1.54) is 4.52 Å². The number of carbonyl (C=O) groups excluding carboxylic acids is 2. The molecule has 1 amide bonds. The summed E-state index contributed by atoms with van der Waals surface area (Å²) in [5.74, 6) is -6.86. The van der Waals surface area contributed by atoms with E-state index in [9.17, 15) is 27.6 Å². The van der Waals surface area contributed by atoms with E-state index < -0.39 is 58.5 Å². The first-order valence-electron chi connectivity index (χ1n) is 15.9. The van der Waals surface area contributed by atoms with E-state index in [2.05, 4.69) is 30.4 Å². The standard InChI is InChI=1S/C23H16F2N6O2.C14H11F2NO4.2CH4/c1-12-20(33-13(2)27-12)22(32)28-17-9-8-16(24)18(19(17)25)21-29-23-26-10-15(11-31(23)30-21)14-6-4-3-5-7-14;1-6-13(21-7(2)17-6)10(18)5-8-3-4-9(15)11(12(8)16)14(19)20;;/h3-11H,1-2H3,(H,28,32);3-4H,5H2,1-2H3,(H,19,20);2*1H4. The number of amides is 1. The van der Waals surface area contributed by atoms with Crippen LogP contribution in [-0.4, -0.2) is 52.3 Å². The zero-order valence-corrected chi connectivity index (χ0v) is 28.7. The summed E-state index contributed by atoms with van der Waals surface area (Å²) < 4.78 is 68.8. The highest BCUT2D eigenvalue weighted by Crippen LogP contribution is 2.30. The second-order valence-corrected chi connectivity index (χ2v) is 11.7. The van der Waals surface area contributed by atoms with E-state index >= 15 is 4.39 Å². The molecule has 7 aromatic rings. The largest absolute Gasteiger partial charge is 0.477 e. The van der Waals surface area contributed by atoms with Crippen molar-refractivity contribution in [3.8, 4) is 22.5 Å². The minimum Gasteiger partial charge on any atom is -0.477 e. The van der Waals surface area contributed by atoms with Gasteiger partial charge in [0.15, 0.2) is 29.2 Å². The molecule has 0 saturated carbocycles. The summed E-state index contributed by atoms with van der Waals surface area (Å²) in [4.78, 5) is 51.7. The Labute approximate surface area is 317 Å². The number of nitrogens with one attached hydrogen (secondary N) is 1. The number of anilines is 1. The van der Waals surface area contributed by atoms with Crippen LogP contribution in [0.4, 0.5) is 23.2 Å². The molecule has 7 rings (SSSR count). The number of hydrogen-bond donors (Lipinski definition) is 2. The number of aromatic carboxylic acids is 1. The predicted octanol–water partition coefficient (Wildman–Crippen LogP) is 8.56. The highest BCUT2D eigenvalue weighted by Gasteiger charge is 2.25.